The molecule has 0 aliphatic carbocycles. The van der Waals surface area contributed by atoms with Gasteiger partial charge in [-0.15, -0.1) is 4.72 Å². The lowest BCUT2D eigenvalue weighted by molar-refractivity contribution is -0.176. The minimum atomic E-state index is -2.99. The minimum absolute atomic E-state index is 0.0421. The van der Waals surface area contributed by atoms with Crippen LogP contribution in [0, 0.1) is 5.82 Å². The lowest BCUT2D eigenvalue weighted by Gasteiger charge is -2.48. The maximum absolute atomic E-state index is 13.4. The van der Waals surface area contributed by atoms with E-state index in [2.05, 4.69) is 10.0 Å². The molecule has 2 saturated heterocycles. The lowest BCUT2D eigenvalue weighted by Crippen LogP contribution is -2.75. The highest BCUT2D eigenvalue weighted by Gasteiger charge is 2.55. The van der Waals surface area contributed by atoms with Crippen LogP contribution in [0.4, 0.5) is 18.9 Å². The molecule has 15 heteroatoms. The van der Waals surface area contributed by atoms with Gasteiger partial charge in [-0.05, 0) is 18.2 Å². The molecule has 3 aliphatic heterocycles. The molecule has 1 atom stereocenters. The molecule has 5 rings (SSSR count). The highest BCUT2D eigenvalue weighted by Crippen LogP contribution is 2.37. The highest BCUT2D eigenvalue weighted by molar-refractivity contribution is 7.89. The zero-order valence-corrected chi connectivity index (χ0v) is 20.2. The molecule has 2 fully saturated rings. The number of benzene rings is 1. The predicted octanol–water partition coefficient (Wildman–Crippen LogP) is 1.13. The number of rotatable bonds is 2. The van der Waals surface area contributed by atoms with Crippen LogP contribution in [-0.2, 0) is 28.0 Å². The predicted molar refractivity (Wildman–Crippen MR) is 121 cm³/mol. The van der Waals surface area contributed by atoms with E-state index in [0.717, 1.165) is 15.9 Å². The van der Waals surface area contributed by atoms with Crippen molar-refractivity contribution in [1.29, 1.82) is 0 Å². The summed E-state index contributed by atoms with van der Waals surface area (Å²) >= 11 is 3.93. The van der Waals surface area contributed by atoms with Crippen molar-refractivity contribution in [2.75, 3.05) is 38.1 Å². The molecule has 2 aromatic rings. The molecule has 2 N–H and O–H groups in total. The second-order valence-corrected chi connectivity index (χ2v) is 10.6. The summed E-state index contributed by atoms with van der Waals surface area (Å²) in [5.74, 6) is -6.13. The molecule has 0 saturated carbocycles. The molecule has 1 unspecified atom stereocenters. The number of halogens is 4. The molecule has 3 amide bonds. The van der Waals surface area contributed by atoms with Gasteiger partial charge in [-0.1, -0.05) is 11.6 Å². The van der Waals surface area contributed by atoms with Crippen molar-refractivity contribution in [2.24, 2.45) is 7.05 Å². The molecule has 1 aromatic carbocycles. The zero-order valence-electron chi connectivity index (χ0n) is 18.6. The van der Waals surface area contributed by atoms with Crippen LogP contribution in [0.5, 0.6) is 5.75 Å². The van der Waals surface area contributed by atoms with Gasteiger partial charge < -0.3 is 29.0 Å². The van der Waals surface area contributed by atoms with E-state index in [1.807, 2.05) is 0 Å². The standard InChI is InChI=1S/C21H19ClF3N5O5S/c1-28-5-14-16(15(28)17(31)26-11-2-3-13(23)12(22)4-11)35-10-20(27-36(14)34)6-29(7-20)18(32)19(33)30-8-21(24,25)9-30/h2-5,27H,6-10H2,1H3,(H,26,31). The summed E-state index contributed by atoms with van der Waals surface area (Å²) in [6.07, 6.45) is 1.46. The van der Waals surface area contributed by atoms with E-state index in [9.17, 15) is 32.1 Å². The summed E-state index contributed by atoms with van der Waals surface area (Å²) in [5.41, 5.74) is -0.676. The van der Waals surface area contributed by atoms with Crippen LogP contribution in [0.25, 0.3) is 0 Å². The van der Waals surface area contributed by atoms with Crippen molar-refractivity contribution >= 4 is 46.4 Å². The van der Waals surface area contributed by atoms with E-state index < -0.39 is 59.5 Å². The van der Waals surface area contributed by atoms with Gasteiger partial charge in [-0.3, -0.25) is 14.4 Å². The first-order valence-electron chi connectivity index (χ1n) is 10.6. The van der Waals surface area contributed by atoms with Gasteiger partial charge in [0.2, 0.25) is 10.6 Å². The smallest absolute Gasteiger partial charge is 0.312 e. The number of amides is 3. The number of carbonyl (C=O) groups is 3. The van der Waals surface area contributed by atoms with Crippen molar-refractivity contribution in [1.82, 2.24) is 19.1 Å². The number of carbonyl (C=O) groups excluding carboxylic acids is 3. The summed E-state index contributed by atoms with van der Waals surface area (Å²) < 4.78 is 62.7. The fourth-order valence-corrected chi connectivity index (χ4v) is 5.73. The van der Waals surface area contributed by atoms with Crippen LogP contribution in [0.15, 0.2) is 29.3 Å². The average molecular weight is 546 g/mol. The average Bonchev–Trinajstić information content (AvgIpc) is 3.03. The second kappa shape index (κ2) is 8.57. The number of hydrogen-bond donors (Lipinski definition) is 2. The minimum Gasteiger partial charge on any atom is -0.593 e. The molecule has 1 aromatic heterocycles. The maximum Gasteiger partial charge on any atom is 0.312 e. The first-order valence-corrected chi connectivity index (χ1v) is 12.1. The Kier molecular flexibility index (Phi) is 5.89. The Morgan fingerprint density at radius 1 is 1.17 bits per heavy atom. The number of nitrogens with zero attached hydrogens (tertiary/aromatic N) is 3. The van der Waals surface area contributed by atoms with Crippen LogP contribution < -0.4 is 14.8 Å². The largest absolute Gasteiger partial charge is 0.593 e. The Bertz CT molecular complexity index is 1280. The van der Waals surface area contributed by atoms with Crippen LogP contribution in [0.1, 0.15) is 10.5 Å². The van der Waals surface area contributed by atoms with Gasteiger partial charge in [-0.2, -0.15) is 0 Å². The molecule has 0 bridgehead atoms. The number of aryl methyl sites for hydroxylation is 1. The Labute approximate surface area is 210 Å². The molecule has 10 nitrogen and oxygen atoms in total. The number of ether oxygens (including phenoxy) is 1. The third kappa shape index (κ3) is 4.27. The quantitative estimate of drug-likeness (QED) is 0.431. The topological polar surface area (TPSA) is 119 Å². The SMILES string of the molecule is Cn1cc2c(c1C(=O)Nc1ccc(F)c(Cl)c1)OCC1(CN(C(=O)C(=O)N3CC(F)(F)C3)C1)N[S+]2[O-]. The number of aromatic nitrogens is 1. The monoisotopic (exact) mass is 545 g/mol. The molecule has 1 spiro atoms. The summed E-state index contributed by atoms with van der Waals surface area (Å²) in [6, 6.07) is 3.68. The molecule has 36 heavy (non-hydrogen) atoms. The number of nitrogens with one attached hydrogen (secondary N) is 2. The number of alkyl halides is 2. The first kappa shape index (κ1) is 24.7. The summed E-state index contributed by atoms with van der Waals surface area (Å²) in [7, 11) is 1.56. The Morgan fingerprint density at radius 2 is 1.81 bits per heavy atom. The van der Waals surface area contributed by atoms with Gasteiger partial charge in [0.25, 0.3) is 11.8 Å². The van der Waals surface area contributed by atoms with Gasteiger partial charge in [0.05, 0.1) is 35.7 Å². The van der Waals surface area contributed by atoms with E-state index in [1.54, 1.807) is 7.05 Å². The molecule has 4 heterocycles. The third-order valence-corrected chi connectivity index (χ3v) is 7.68. The fraction of sp³-hybridized carbons (Fsp3) is 0.381. The van der Waals surface area contributed by atoms with Gasteiger partial charge in [-0.25, -0.2) is 13.2 Å². The van der Waals surface area contributed by atoms with E-state index in [-0.39, 0.29) is 46.7 Å². The van der Waals surface area contributed by atoms with Crippen LogP contribution in [0.3, 0.4) is 0 Å². The van der Waals surface area contributed by atoms with Gasteiger partial charge in [0, 0.05) is 25.8 Å². The maximum atomic E-state index is 13.4. The van der Waals surface area contributed by atoms with E-state index in [1.165, 1.54) is 22.9 Å². The summed E-state index contributed by atoms with van der Waals surface area (Å²) in [4.78, 5) is 39.6. The second-order valence-electron chi connectivity index (χ2n) is 8.98. The van der Waals surface area contributed by atoms with Gasteiger partial charge in [0.1, 0.15) is 18.0 Å². The summed E-state index contributed by atoms with van der Waals surface area (Å²) in [6.45, 7) is -1.77. The number of likely N-dealkylation sites (tertiary alicyclic amines) is 2. The number of hydrogen-bond acceptors (Lipinski definition) is 6. The van der Waals surface area contributed by atoms with Crippen molar-refractivity contribution < 1.29 is 36.8 Å². The lowest BCUT2D eigenvalue weighted by atomic mass is 9.91. The van der Waals surface area contributed by atoms with Crippen LogP contribution in [0.2, 0.25) is 5.02 Å². The highest BCUT2D eigenvalue weighted by atomic mass is 35.5. The molecular weight excluding hydrogens is 527 g/mol. The summed E-state index contributed by atoms with van der Waals surface area (Å²) in [5, 5.41) is 2.42. The van der Waals surface area contributed by atoms with E-state index in [4.69, 9.17) is 16.3 Å². The molecular formula is C21H19ClF3N5O5S. The Hall–Kier alpha value is -2.94. The number of fused-ring (bicyclic) bond motifs is 1. The third-order valence-electron chi connectivity index (χ3n) is 6.09. The van der Waals surface area contributed by atoms with E-state index >= 15 is 0 Å². The number of anilines is 1. The van der Waals surface area contributed by atoms with Crippen LogP contribution >= 0.6 is 11.6 Å². The van der Waals surface area contributed by atoms with Crippen molar-refractivity contribution in [3.8, 4) is 5.75 Å². The van der Waals surface area contributed by atoms with Crippen LogP contribution in [-0.4, -0.2) is 80.9 Å². The molecule has 3 aliphatic rings. The van der Waals surface area contributed by atoms with Crippen molar-refractivity contribution in [3.63, 3.8) is 0 Å². The fourth-order valence-electron chi connectivity index (χ4n) is 4.28. The van der Waals surface area contributed by atoms with Gasteiger partial charge >= 0.3 is 11.8 Å². The normalized spacial score (nSPS) is 21.6. The zero-order chi connectivity index (χ0) is 26.0. The van der Waals surface area contributed by atoms with Crippen molar-refractivity contribution in [2.45, 2.75) is 16.4 Å². The van der Waals surface area contributed by atoms with E-state index in [0.29, 0.717) is 0 Å². The van der Waals surface area contributed by atoms with Crippen molar-refractivity contribution in [3.05, 3.63) is 40.9 Å². The first-order chi connectivity index (χ1) is 16.9. The van der Waals surface area contributed by atoms with Gasteiger partial charge in [0.15, 0.2) is 5.69 Å². The Morgan fingerprint density at radius 3 is 2.42 bits per heavy atom. The molecule has 0 radical (unpaired) electrons. The molecule has 192 valence electrons. The Balaban J connectivity index is 1.27.